The summed E-state index contributed by atoms with van der Waals surface area (Å²) in [6, 6.07) is 10.6. The van der Waals surface area contributed by atoms with Crippen LogP contribution in [0.2, 0.25) is 0 Å². The van der Waals surface area contributed by atoms with Crippen LogP contribution >= 0.6 is 0 Å². The van der Waals surface area contributed by atoms with Crippen LogP contribution in [-0.4, -0.2) is 12.5 Å². The highest BCUT2D eigenvalue weighted by atomic mass is 127. The molecule has 0 aliphatic heterocycles. The second-order valence-corrected chi connectivity index (χ2v) is 4.88. The van der Waals surface area contributed by atoms with Crippen LogP contribution in [0, 0.1) is 0 Å². The van der Waals surface area contributed by atoms with Gasteiger partial charge in [0.15, 0.2) is 0 Å². The van der Waals surface area contributed by atoms with E-state index in [1.807, 2.05) is 0 Å². The molecule has 0 bridgehead atoms. The van der Waals surface area contributed by atoms with Gasteiger partial charge in [-0.25, -0.2) is 0 Å². The van der Waals surface area contributed by atoms with Crippen molar-refractivity contribution in [3.8, 4) is 0 Å². The Bertz CT molecular complexity index is 184. The third-order valence-electron chi connectivity index (χ3n) is 1.30. The Morgan fingerprint density at radius 1 is 1.09 bits per heavy atom. The van der Waals surface area contributed by atoms with Crippen LogP contribution in [0.15, 0.2) is 30.3 Å². The van der Waals surface area contributed by atoms with Crippen LogP contribution in [0.1, 0.15) is 5.56 Å². The maximum absolute atomic E-state index is 2.27. The summed E-state index contributed by atoms with van der Waals surface area (Å²) >= 11 is 0. The highest BCUT2D eigenvalue weighted by Crippen LogP contribution is 2.03. The van der Waals surface area contributed by atoms with Gasteiger partial charge in [-0.05, 0) is 10.9 Å². The zero-order valence-electron chi connectivity index (χ0n) is 6.88. The molecule has 0 aliphatic carbocycles. The molecule has 0 aliphatic rings. The third-order valence-corrected chi connectivity index (χ3v) is 2.21. The molecule has 0 saturated carbocycles. The van der Waals surface area contributed by atoms with Gasteiger partial charge in [-0.15, -0.1) is 0 Å². The van der Waals surface area contributed by atoms with Crippen LogP contribution in [0.3, 0.4) is 0 Å². The van der Waals surface area contributed by atoms with Crippen LogP contribution in [0.5, 0.6) is 0 Å². The highest BCUT2D eigenvalue weighted by molar-refractivity contribution is 7.94. The molecule has 62 valence electrons. The molecule has 0 unspecified atom stereocenters. The minimum Gasteiger partial charge on any atom is -1.00 e. The molecule has 0 radical (unpaired) electrons. The van der Waals surface area contributed by atoms with Gasteiger partial charge in [0.2, 0.25) is 0 Å². The van der Waals surface area contributed by atoms with Crippen molar-refractivity contribution in [1.82, 2.24) is 0 Å². The number of halogens is 1. The molecule has 1 rings (SSSR count). The molecule has 0 spiro atoms. The fourth-order valence-corrected chi connectivity index (χ4v) is 1.77. The monoisotopic (exact) mass is 280 g/mol. The van der Waals surface area contributed by atoms with E-state index < -0.39 is 0 Å². The van der Waals surface area contributed by atoms with Crippen molar-refractivity contribution in [1.29, 1.82) is 0 Å². The lowest BCUT2D eigenvalue weighted by molar-refractivity contribution is -0.00000223. The zero-order chi connectivity index (χ0) is 7.40. The molecular formula is C9H13IS. The standard InChI is InChI=1S/C9H13S.HI/c1-10(2)8-9-6-4-3-5-7-9;/h3-7H,8H2,1-2H3;1H/q+1;/p-1. The molecule has 1 aromatic rings. The van der Waals surface area contributed by atoms with Crippen molar-refractivity contribution >= 4 is 10.9 Å². The van der Waals surface area contributed by atoms with Crippen molar-refractivity contribution < 1.29 is 24.0 Å². The van der Waals surface area contributed by atoms with Crippen molar-refractivity contribution in [2.45, 2.75) is 5.75 Å². The zero-order valence-corrected chi connectivity index (χ0v) is 9.85. The predicted molar refractivity (Wildman–Crippen MR) is 49.4 cm³/mol. The molecule has 2 heteroatoms. The number of hydrogen-bond acceptors (Lipinski definition) is 0. The number of rotatable bonds is 2. The molecule has 0 atom stereocenters. The molecule has 0 aromatic heterocycles. The maximum Gasteiger partial charge on any atom is 0.132 e. The van der Waals surface area contributed by atoms with Crippen molar-refractivity contribution in [2.24, 2.45) is 0 Å². The van der Waals surface area contributed by atoms with E-state index in [1.54, 1.807) is 0 Å². The first-order chi connectivity index (χ1) is 4.79. The Labute approximate surface area is 88.8 Å². The van der Waals surface area contributed by atoms with Crippen molar-refractivity contribution in [3.63, 3.8) is 0 Å². The summed E-state index contributed by atoms with van der Waals surface area (Å²) in [5, 5.41) is 0. The number of benzene rings is 1. The van der Waals surface area contributed by atoms with Crippen molar-refractivity contribution in [2.75, 3.05) is 12.5 Å². The summed E-state index contributed by atoms with van der Waals surface area (Å²) in [7, 11) is 0.533. The Balaban J connectivity index is 0.000001000. The second kappa shape index (κ2) is 5.89. The van der Waals surface area contributed by atoms with Gasteiger partial charge in [0.25, 0.3) is 0 Å². The Morgan fingerprint density at radius 2 is 1.64 bits per heavy atom. The summed E-state index contributed by atoms with van der Waals surface area (Å²) in [5.41, 5.74) is 1.45. The first-order valence-corrected chi connectivity index (χ1v) is 5.58. The molecule has 0 heterocycles. The first-order valence-electron chi connectivity index (χ1n) is 3.37. The van der Waals surface area contributed by atoms with Gasteiger partial charge >= 0.3 is 0 Å². The van der Waals surface area contributed by atoms with E-state index >= 15 is 0 Å². The van der Waals surface area contributed by atoms with E-state index in [1.165, 1.54) is 11.3 Å². The molecule has 11 heavy (non-hydrogen) atoms. The van der Waals surface area contributed by atoms with Gasteiger partial charge in [0, 0.05) is 5.56 Å². The van der Waals surface area contributed by atoms with E-state index in [0.29, 0.717) is 10.9 Å². The summed E-state index contributed by atoms with van der Waals surface area (Å²) in [5.74, 6) is 1.22. The average Bonchev–Trinajstić information content (AvgIpc) is 1.88. The topological polar surface area (TPSA) is 0 Å². The summed E-state index contributed by atoms with van der Waals surface area (Å²) in [6.07, 6.45) is 4.54. The van der Waals surface area contributed by atoms with Gasteiger partial charge in [-0.1, -0.05) is 30.3 Å². The van der Waals surface area contributed by atoms with E-state index in [4.69, 9.17) is 0 Å². The summed E-state index contributed by atoms with van der Waals surface area (Å²) in [4.78, 5) is 0. The van der Waals surface area contributed by atoms with Crippen LogP contribution in [-0.2, 0) is 16.6 Å². The van der Waals surface area contributed by atoms with Crippen molar-refractivity contribution in [3.05, 3.63) is 35.9 Å². The van der Waals surface area contributed by atoms with E-state index in [0.717, 1.165) is 0 Å². The van der Waals surface area contributed by atoms with E-state index in [9.17, 15) is 0 Å². The van der Waals surface area contributed by atoms with Crippen LogP contribution in [0.25, 0.3) is 0 Å². The third kappa shape index (κ3) is 4.69. The normalized spacial score (nSPS) is 9.36. The fourth-order valence-electron chi connectivity index (χ4n) is 0.908. The minimum atomic E-state index is 0. The quantitative estimate of drug-likeness (QED) is 0.485. The predicted octanol–water partition coefficient (Wildman–Crippen LogP) is -0.931. The lowest BCUT2D eigenvalue weighted by Crippen LogP contribution is -3.00. The second-order valence-electron chi connectivity index (χ2n) is 2.62. The Kier molecular flexibility index (Phi) is 6.05. The molecule has 1 aromatic carbocycles. The van der Waals surface area contributed by atoms with Crippen LogP contribution < -0.4 is 24.0 Å². The lowest BCUT2D eigenvalue weighted by Gasteiger charge is -1.95. The minimum absolute atomic E-state index is 0. The van der Waals surface area contributed by atoms with E-state index in [2.05, 4.69) is 42.8 Å². The SMILES string of the molecule is C[S+](C)Cc1ccccc1.[I-]. The van der Waals surface area contributed by atoms with Gasteiger partial charge < -0.3 is 24.0 Å². The molecule has 0 nitrogen and oxygen atoms in total. The number of hydrogen-bond donors (Lipinski definition) is 0. The molecule has 0 amide bonds. The van der Waals surface area contributed by atoms with Gasteiger partial charge in [-0.2, -0.15) is 0 Å². The Hall–Kier alpha value is 0.300. The summed E-state index contributed by atoms with van der Waals surface area (Å²) in [6.45, 7) is 0. The molecular weight excluding hydrogens is 267 g/mol. The molecule has 0 saturated heterocycles. The maximum atomic E-state index is 2.27. The highest BCUT2D eigenvalue weighted by Gasteiger charge is 2.01. The molecule has 0 N–H and O–H groups in total. The fraction of sp³-hybridized carbons (Fsp3) is 0.333. The average molecular weight is 280 g/mol. The largest absolute Gasteiger partial charge is 1.00 e. The van der Waals surface area contributed by atoms with Gasteiger partial charge in [-0.3, -0.25) is 0 Å². The lowest BCUT2D eigenvalue weighted by atomic mass is 10.2. The van der Waals surface area contributed by atoms with E-state index in [-0.39, 0.29) is 24.0 Å². The smallest absolute Gasteiger partial charge is 0.132 e. The summed E-state index contributed by atoms with van der Waals surface area (Å²) < 4.78 is 0. The molecule has 0 fully saturated rings. The first kappa shape index (κ1) is 11.3. The Morgan fingerprint density at radius 3 is 2.09 bits per heavy atom. The van der Waals surface area contributed by atoms with Gasteiger partial charge in [0.1, 0.15) is 5.75 Å². The van der Waals surface area contributed by atoms with Gasteiger partial charge in [0.05, 0.1) is 12.5 Å². The van der Waals surface area contributed by atoms with Crippen LogP contribution in [0.4, 0.5) is 0 Å².